The smallest absolute Gasteiger partial charge is 0.168 e. The summed E-state index contributed by atoms with van der Waals surface area (Å²) >= 11 is 0. The van der Waals surface area contributed by atoms with Gasteiger partial charge in [0, 0.05) is 0 Å². The van der Waals surface area contributed by atoms with Crippen LogP contribution in [0.2, 0.25) is 0 Å². The molecule has 1 saturated heterocycles. The van der Waals surface area contributed by atoms with Crippen molar-refractivity contribution < 1.29 is 9.53 Å². The highest BCUT2D eigenvalue weighted by Gasteiger charge is 2.28. The summed E-state index contributed by atoms with van der Waals surface area (Å²) in [4.78, 5) is 11.6. The lowest BCUT2D eigenvalue weighted by Gasteiger charge is -2.15. The van der Waals surface area contributed by atoms with E-state index in [4.69, 9.17) is 4.74 Å². The van der Waals surface area contributed by atoms with Crippen molar-refractivity contribution in [2.75, 3.05) is 13.2 Å². The molecule has 0 amide bonds. The van der Waals surface area contributed by atoms with Crippen molar-refractivity contribution in [3.63, 3.8) is 0 Å². The fraction of sp³-hybridized carbons (Fsp3) is 0.462. The Balaban J connectivity index is 2.38. The molecular weight excluding hydrogens is 188 g/mol. The predicted molar refractivity (Wildman–Crippen MR) is 59.1 cm³/mol. The van der Waals surface area contributed by atoms with Gasteiger partial charge in [0.2, 0.25) is 0 Å². The van der Waals surface area contributed by atoms with Crippen LogP contribution < -0.4 is 0 Å². The van der Waals surface area contributed by atoms with Gasteiger partial charge >= 0.3 is 0 Å². The van der Waals surface area contributed by atoms with Crippen LogP contribution in [0.5, 0.6) is 0 Å². The van der Waals surface area contributed by atoms with Crippen molar-refractivity contribution in [2.45, 2.75) is 25.7 Å². The monoisotopic (exact) mass is 204 g/mol. The predicted octanol–water partition coefficient (Wildman–Crippen LogP) is 2.49. The Morgan fingerprint density at radius 3 is 2.67 bits per heavy atom. The second-order valence-corrected chi connectivity index (χ2v) is 4.32. The van der Waals surface area contributed by atoms with E-state index in [1.807, 2.05) is 18.2 Å². The molecule has 2 heteroatoms. The SMILES string of the molecule is CC(C)c1ccccc1[C@@H]1COCC1=O. The summed E-state index contributed by atoms with van der Waals surface area (Å²) in [7, 11) is 0. The molecule has 1 aromatic carbocycles. The molecule has 0 unspecified atom stereocenters. The lowest BCUT2D eigenvalue weighted by Crippen LogP contribution is -2.11. The quantitative estimate of drug-likeness (QED) is 0.739. The maximum Gasteiger partial charge on any atom is 0.168 e. The van der Waals surface area contributed by atoms with Gasteiger partial charge in [0.25, 0.3) is 0 Å². The first-order valence-electron chi connectivity index (χ1n) is 5.39. The number of benzene rings is 1. The molecule has 0 spiro atoms. The fourth-order valence-corrected chi connectivity index (χ4v) is 2.09. The van der Waals surface area contributed by atoms with Crippen molar-refractivity contribution in [2.24, 2.45) is 0 Å². The van der Waals surface area contributed by atoms with Gasteiger partial charge in [-0.2, -0.15) is 0 Å². The van der Waals surface area contributed by atoms with Crippen LogP contribution >= 0.6 is 0 Å². The van der Waals surface area contributed by atoms with Crippen LogP contribution in [0.25, 0.3) is 0 Å². The molecule has 0 radical (unpaired) electrons. The molecule has 1 atom stereocenters. The average Bonchev–Trinajstić information content (AvgIpc) is 2.64. The normalized spacial score (nSPS) is 21.3. The van der Waals surface area contributed by atoms with Gasteiger partial charge in [-0.25, -0.2) is 0 Å². The molecule has 15 heavy (non-hydrogen) atoms. The molecule has 1 fully saturated rings. The first-order chi connectivity index (χ1) is 7.20. The largest absolute Gasteiger partial charge is 0.373 e. The van der Waals surface area contributed by atoms with Crippen LogP contribution in [0.1, 0.15) is 36.8 Å². The molecule has 1 aromatic rings. The molecule has 2 nitrogen and oxygen atoms in total. The summed E-state index contributed by atoms with van der Waals surface area (Å²) in [6, 6.07) is 8.17. The third-order valence-corrected chi connectivity index (χ3v) is 2.91. The highest BCUT2D eigenvalue weighted by atomic mass is 16.5. The molecule has 1 aliphatic rings. The third kappa shape index (κ3) is 1.95. The first-order valence-corrected chi connectivity index (χ1v) is 5.39. The van der Waals surface area contributed by atoms with Crippen LogP contribution in [0, 0.1) is 0 Å². The van der Waals surface area contributed by atoms with Crippen molar-refractivity contribution in [1.29, 1.82) is 0 Å². The topological polar surface area (TPSA) is 26.3 Å². The molecule has 0 bridgehead atoms. The zero-order valence-corrected chi connectivity index (χ0v) is 9.19. The molecule has 0 aliphatic carbocycles. The van der Waals surface area contributed by atoms with Crippen molar-refractivity contribution in [3.8, 4) is 0 Å². The Morgan fingerprint density at radius 2 is 2.07 bits per heavy atom. The van der Waals surface area contributed by atoms with Gasteiger partial charge < -0.3 is 4.74 Å². The highest BCUT2D eigenvalue weighted by Crippen LogP contribution is 2.29. The molecule has 2 rings (SSSR count). The van der Waals surface area contributed by atoms with Crippen LogP contribution in [0.15, 0.2) is 24.3 Å². The molecule has 0 aromatic heterocycles. The fourth-order valence-electron chi connectivity index (χ4n) is 2.09. The van der Waals surface area contributed by atoms with E-state index in [0.717, 1.165) is 5.56 Å². The maximum atomic E-state index is 11.6. The number of carbonyl (C=O) groups is 1. The Kier molecular flexibility index (Phi) is 2.87. The molecule has 0 N–H and O–H groups in total. The Morgan fingerprint density at radius 1 is 1.33 bits per heavy atom. The van der Waals surface area contributed by atoms with Crippen LogP contribution in [-0.4, -0.2) is 19.0 Å². The summed E-state index contributed by atoms with van der Waals surface area (Å²) < 4.78 is 5.21. The second-order valence-electron chi connectivity index (χ2n) is 4.32. The molecule has 0 saturated carbocycles. The summed E-state index contributed by atoms with van der Waals surface area (Å²) in [6.45, 7) is 5.12. The number of hydrogen-bond acceptors (Lipinski definition) is 2. The Bertz CT molecular complexity index is 369. The van der Waals surface area contributed by atoms with E-state index in [1.54, 1.807) is 0 Å². The molecule has 80 valence electrons. The van der Waals surface area contributed by atoms with E-state index in [-0.39, 0.29) is 18.3 Å². The molecule has 1 heterocycles. The minimum Gasteiger partial charge on any atom is -0.373 e. The van der Waals surface area contributed by atoms with E-state index >= 15 is 0 Å². The summed E-state index contributed by atoms with van der Waals surface area (Å²) in [6.07, 6.45) is 0. The number of carbonyl (C=O) groups excluding carboxylic acids is 1. The summed E-state index contributed by atoms with van der Waals surface area (Å²) in [5.74, 6) is 0.626. The Hall–Kier alpha value is -1.15. The lowest BCUT2D eigenvalue weighted by atomic mass is 9.88. The highest BCUT2D eigenvalue weighted by molar-refractivity contribution is 5.88. The van der Waals surface area contributed by atoms with E-state index in [2.05, 4.69) is 19.9 Å². The van der Waals surface area contributed by atoms with Gasteiger partial charge in [0.15, 0.2) is 5.78 Å². The third-order valence-electron chi connectivity index (χ3n) is 2.91. The zero-order valence-electron chi connectivity index (χ0n) is 9.19. The maximum absolute atomic E-state index is 11.6. The lowest BCUT2D eigenvalue weighted by molar-refractivity contribution is -0.118. The van der Waals surface area contributed by atoms with Gasteiger partial charge in [-0.05, 0) is 17.0 Å². The van der Waals surface area contributed by atoms with Gasteiger partial charge in [0.05, 0.1) is 12.5 Å². The number of rotatable bonds is 2. The summed E-state index contributed by atoms with van der Waals surface area (Å²) in [5, 5.41) is 0. The van der Waals surface area contributed by atoms with Crippen molar-refractivity contribution >= 4 is 5.78 Å². The Labute approximate surface area is 90.3 Å². The molecule has 1 aliphatic heterocycles. The average molecular weight is 204 g/mol. The van der Waals surface area contributed by atoms with Gasteiger partial charge in [-0.1, -0.05) is 38.1 Å². The first kappa shape index (κ1) is 10.4. The number of Topliss-reactive ketones (excluding diaryl/α,β-unsaturated/α-hetero) is 1. The number of hydrogen-bond donors (Lipinski definition) is 0. The van der Waals surface area contributed by atoms with E-state index in [1.165, 1.54) is 5.56 Å². The van der Waals surface area contributed by atoms with E-state index in [0.29, 0.717) is 12.5 Å². The minimum absolute atomic E-state index is 0.0383. The zero-order chi connectivity index (χ0) is 10.8. The van der Waals surface area contributed by atoms with Crippen molar-refractivity contribution in [3.05, 3.63) is 35.4 Å². The second kappa shape index (κ2) is 4.15. The van der Waals surface area contributed by atoms with Crippen LogP contribution in [0.3, 0.4) is 0 Å². The van der Waals surface area contributed by atoms with Crippen molar-refractivity contribution in [1.82, 2.24) is 0 Å². The van der Waals surface area contributed by atoms with Gasteiger partial charge in [-0.3, -0.25) is 4.79 Å². The standard InChI is InChI=1S/C13H16O2/c1-9(2)10-5-3-4-6-11(10)12-7-15-8-13(12)14/h3-6,9,12H,7-8H2,1-2H3/t12-/m0/s1. The van der Waals surface area contributed by atoms with Gasteiger partial charge in [0.1, 0.15) is 6.61 Å². The van der Waals surface area contributed by atoms with Crippen LogP contribution in [0.4, 0.5) is 0 Å². The number of ketones is 1. The minimum atomic E-state index is -0.0383. The van der Waals surface area contributed by atoms with Gasteiger partial charge in [-0.15, -0.1) is 0 Å². The van der Waals surface area contributed by atoms with E-state index < -0.39 is 0 Å². The van der Waals surface area contributed by atoms with Crippen LogP contribution in [-0.2, 0) is 9.53 Å². The summed E-state index contributed by atoms with van der Waals surface area (Å²) in [5.41, 5.74) is 2.41. The van der Waals surface area contributed by atoms with E-state index in [9.17, 15) is 4.79 Å². The number of ether oxygens (including phenoxy) is 1. The molecular formula is C13H16O2.